The fourth-order valence-electron chi connectivity index (χ4n) is 3.14. The van der Waals surface area contributed by atoms with E-state index < -0.39 is 0 Å². The number of piperidine rings is 1. The van der Waals surface area contributed by atoms with Crippen molar-refractivity contribution in [3.63, 3.8) is 0 Å². The average Bonchev–Trinajstić information content (AvgIpc) is 2.71. The summed E-state index contributed by atoms with van der Waals surface area (Å²) in [5.41, 5.74) is 0. The van der Waals surface area contributed by atoms with Crippen LogP contribution in [-0.2, 0) is 18.9 Å². The summed E-state index contributed by atoms with van der Waals surface area (Å²) in [5, 5.41) is 3.36. The summed E-state index contributed by atoms with van der Waals surface area (Å²) in [6.07, 6.45) is 6.13. The highest BCUT2D eigenvalue weighted by Crippen LogP contribution is 2.09. The van der Waals surface area contributed by atoms with E-state index in [4.69, 9.17) is 18.9 Å². The van der Waals surface area contributed by atoms with Gasteiger partial charge < -0.3 is 29.2 Å². The second-order valence-electron chi connectivity index (χ2n) is 7.51. The van der Waals surface area contributed by atoms with Gasteiger partial charge in [0.1, 0.15) is 0 Å². The second-order valence-corrected chi connectivity index (χ2v) is 7.51. The van der Waals surface area contributed by atoms with Crippen molar-refractivity contribution in [2.24, 2.45) is 5.92 Å². The minimum atomic E-state index is 0.620. The molecule has 0 aromatic rings. The zero-order chi connectivity index (χ0) is 19.6. The first-order chi connectivity index (χ1) is 13.3. The minimum absolute atomic E-state index is 0.620. The molecule has 1 aliphatic rings. The lowest BCUT2D eigenvalue weighted by Crippen LogP contribution is -2.42. The van der Waals surface area contributed by atoms with E-state index in [1.54, 1.807) is 0 Å². The molecule has 6 nitrogen and oxygen atoms in total. The highest BCUT2D eigenvalue weighted by molar-refractivity contribution is 4.75. The molecule has 0 saturated carbocycles. The third-order valence-electron chi connectivity index (χ3n) is 5.35. The van der Waals surface area contributed by atoms with Gasteiger partial charge in [0.15, 0.2) is 0 Å². The Morgan fingerprint density at radius 3 is 1.89 bits per heavy atom. The van der Waals surface area contributed by atoms with E-state index in [1.807, 2.05) is 0 Å². The Kier molecular flexibility index (Phi) is 16.4. The standard InChI is InChI=1S/C21H44N2O4/c1-4-20(2)6-5-12-24-14-16-26-18-19-27-17-15-25-13-11-23-9-7-21(22-3)8-10-23/h20-22H,4-19H2,1-3H3. The Morgan fingerprint density at radius 2 is 1.37 bits per heavy atom. The van der Waals surface area contributed by atoms with Crippen molar-refractivity contribution in [3.05, 3.63) is 0 Å². The molecule has 1 heterocycles. The van der Waals surface area contributed by atoms with Gasteiger partial charge in [0.2, 0.25) is 0 Å². The van der Waals surface area contributed by atoms with E-state index in [0.29, 0.717) is 45.7 Å². The third-order valence-corrected chi connectivity index (χ3v) is 5.35. The van der Waals surface area contributed by atoms with Gasteiger partial charge in [-0.15, -0.1) is 0 Å². The number of hydrogen-bond acceptors (Lipinski definition) is 6. The Morgan fingerprint density at radius 1 is 0.852 bits per heavy atom. The molecule has 0 amide bonds. The highest BCUT2D eigenvalue weighted by Gasteiger charge is 2.16. The summed E-state index contributed by atoms with van der Waals surface area (Å²) < 4.78 is 22.3. The predicted octanol–water partition coefficient (Wildman–Crippen LogP) is 2.56. The molecule has 1 atom stereocenters. The van der Waals surface area contributed by atoms with Crippen LogP contribution in [-0.4, -0.2) is 90.5 Å². The van der Waals surface area contributed by atoms with Crippen LogP contribution in [0.25, 0.3) is 0 Å². The van der Waals surface area contributed by atoms with Crippen molar-refractivity contribution in [2.45, 2.75) is 52.0 Å². The lowest BCUT2D eigenvalue weighted by atomic mass is 10.0. The van der Waals surface area contributed by atoms with Crippen molar-refractivity contribution in [3.8, 4) is 0 Å². The largest absolute Gasteiger partial charge is 0.379 e. The third kappa shape index (κ3) is 14.4. The first kappa shape index (κ1) is 24.8. The van der Waals surface area contributed by atoms with Crippen LogP contribution in [0.4, 0.5) is 0 Å². The van der Waals surface area contributed by atoms with E-state index in [-0.39, 0.29) is 0 Å². The fraction of sp³-hybridized carbons (Fsp3) is 1.00. The summed E-state index contributed by atoms with van der Waals surface area (Å²) in [5.74, 6) is 0.807. The van der Waals surface area contributed by atoms with E-state index in [0.717, 1.165) is 32.1 Å². The van der Waals surface area contributed by atoms with Gasteiger partial charge in [0, 0.05) is 19.2 Å². The lowest BCUT2D eigenvalue weighted by molar-refractivity contribution is -0.00491. The molecule has 1 aliphatic heterocycles. The normalized spacial score (nSPS) is 17.4. The topological polar surface area (TPSA) is 52.2 Å². The zero-order valence-corrected chi connectivity index (χ0v) is 18.0. The van der Waals surface area contributed by atoms with Crippen molar-refractivity contribution >= 4 is 0 Å². The number of hydrogen-bond donors (Lipinski definition) is 1. The molecule has 1 rings (SSSR count). The van der Waals surface area contributed by atoms with Crippen LogP contribution < -0.4 is 5.32 Å². The average molecular weight is 389 g/mol. The number of rotatable bonds is 18. The second kappa shape index (κ2) is 17.8. The van der Waals surface area contributed by atoms with Crippen LogP contribution in [0.2, 0.25) is 0 Å². The minimum Gasteiger partial charge on any atom is -0.379 e. The lowest BCUT2D eigenvalue weighted by Gasteiger charge is -2.31. The summed E-state index contributed by atoms with van der Waals surface area (Å²) >= 11 is 0. The smallest absolute Gasteiger partial charge is 0.0701 e. The van der Waals surface area contributed by atoms with E-state index >= 15 is 0 Å². The Labute approximate surface area is 167 Å². The van der Waals surface area contributed by atoms with Crippen LogP contribution in [0, 0.1) is 5.92 Å². The molecule has 1 unspecified atom stereocenters. The maximum absolute atomic E-state index is 5.65. The number of likely N-dealkylation sites (tertiary alicyclic amines) is 1. The van der Waals surface area contributed by atoms with Crippen LogP contribution >= 0.6 is 0 Å². The maximum atomic E-state index is 5.65. The molecular formula is C21H44N2O4. The Bertz CT molecular complexity index is 313. The van der Waals surface area contributed by atoms with Gasteiger partial charge in [0.05, 0.1) is 46.2 Å². The SMILES string of the molecule is CCC(C)CCCOCCOCCOCCOCCN1CCC(NC)CC1. The molecule has 1 N–H and O–H groups in total. The van der Waals surface area contributed by atoms with Crippen molar-refractivity contribution in [2.75, 3.05) is 79.5 Å². The molecule has 6 heteroatoms. The quantitative estimate of drug-likeness (QED) is 0.364. The first-order valence-electron chi connectivity index (χ1n) is 11.0. The van der Waals surface area contributed by atoms with E-state index in [9.17, 15) is 0 Å². The van der Waals surface area contributed by atoms with E-state index in [2.05, 4.69) is 31.1 Å². The van der Waals surface area contributed by atoms with Crippen LogP contribution in [0.3, 0.4) is 0 Å². The van der Waals surface area contributed by atoms with Gasteiger partial charge in [-0.05, 0) is 51.7 Å². The van der Waals surface area contributed by atoms with Gasteiger partial charge in [-0.25, -0.2) is 0 Å². The molecular weight excluding hydrogens is 344 g/mol. The van der Waals surface area contributed by atoms with Crippen LogP contribution in [0.1, 0.15) is 46.0 Å². The Hall–Kier alpha value is -0.240. The summed E-state index contributed by atoms with van der Waals surface area (Å²) in [6.45, 7) is 13.4. The van der Waals surface area contributed by atoms with Gasteiger partial charge >= 0.3 is 0 Å². The summed E-state index contributed by atoms with van der Waals surface area (Å²) in [7, 11) is 2.05. The van der Waals surface area contributed by atoms with Crippen molar-refractivity contribution < 1.29 is 18.9 Å². The number of ether oxygens (including phenoxy) is 4. The first-order valence-corrected chi connectivity index (χ1v) is 11.0. The maximum Gasteiger partial charge on any atom is 0.0701 e. The molecule has 1 saturated heterocycles. The van der Waals surface area contributed by atoms with Crippen LogP contribution in [0.15, 0.2) is 0 Å². The van der Waals surface area contributed by atoms with Crippen molar-refractivity contribution in [1.82, 2.24) is 10.2 Å². The monoisotopic (exact) mass is 388 g/mol. The molecule has 0 bridgehead atoms. The summed E-state index contributed by atoms with van der Waals surface area (Å²) in [6, 6.07) is 0.693. The van der Waals surface area contributed by atoms with Gasteiger partial charge in [-0.3, -0.25) is 0 Å². The zero-order valence-electron chi connectivity index (χ0n) is 18.0. The molecule has 27 heavy (non-hydrogen) atoms. The van der Waals surface area contributed by atoms with Crippen LogP contribution in [0.5, 0.6) is 0 Å². The predicted molar refractivity (Wildman–Crippen MR) is 110 cm³/mol. The molecule has 0 spiro atoms. The molecule has 1 fully saturated rings. The summed E-state index contributed by atoms with van der Waals surface area (Å²) in [4.78, 5) is 2.48. The van der Waals surface area contributed by atoms with Gasteiger partial charge in [-0.2, -0.15) is 0 Å². The molecule has 0 aromatic heterocycles. The fourth-order valence-corrected chi connectivity index (χ4v) is 3.14. The molecule has 0 radical (unpaired) electrons. The van der Waals surface area contributed by atoms with Crippen molar-refractivity contribution in [1.29, 1.82) is 0 Å². The number of nitrogens with zero attached hydrogens (tertiary/aromatic N) is 1. The molecule has 0 aliphatic carbocycles. The molecule has 0 aromatic carbocycles. The highest BCUT2D eigenvalue weighted by atomic mass is 16.6. The number of nitrogens with one attached hydrogen (secondary N) is 1. The van der Waals surface area contributed by atoms with Gasteiger partial charge in [-0.1, -0.05) is 20.3 Å². The molecule has 162 valence electrons. The van der Waals surface area contributed by atoms with E-state index in [1.165, 1.54) is 38.8 Å². The van der Waals surface area contributed by atoms with Gasteiger partial charge in [0.25, 0.3) is 0 Å². The Balaban J connectivity index is 1.71.